The number of hydrogen-bond donors (Lipinski definition) is 1. The third-order valence-corrected chi connectivity index (χ3v) is 4.74. The number of ether oxygens (including phenoxy) is 2. The molecular weight excluding hydrogens is 299 g/mol. The number of anilines is 1. The molecule has 23 heavy (non-hydrogen) atoms. The highest BCUT2D eigenvalue weighted by atomic mass is 19.1. The maximum absolute atomic E-state index is 13.9. The maximum Gasteiger partial charge on any atom is 0.322 e. The summed E-state index contributed by atoms with van der Waals surface area (Å²) in [5, 5.41) is 2.64. The van der Waals surface area contributed by atoms with Crippen molar-refractivity contribution < 1.29 is 18.7 Å². The molecule has 0 unspecified atom stereocenters. The minimum absolute atomic E-state index is 0.0984. The van der Waals surface area contributed by atoms with Gasteiger partial charge < -0.3 is 19.7 Å². The third-order valence-electron chi connectivity index (χ3n) is 4.74. The van der Waals surface area contributed by atoms with E-state index in [1.54, 1.807) is 17.0 Å². The highest BCUT2D eigenvalue weighted by Gasteiger charge is 2.31. The van der Waals surface area contributed by atoms with E-state index in [9.17, 15) is 9.18 Å². The van der Waals surface area contributed by atoms with Crippen LogP contribution >= 0.6 is 0 Å². The molecule has 2 aliphatic heterocycles. The summed E-state index contributed by atoms with van der Waals surface area (Å²) in [5.41, 5.74) is 0.0984. The van der Waals surface area contributed by atoms with Gasteiger partial charge in [0.25, 0.3) is 0 Å². The van der Waals surface area contributed by atoms with Gasteiger partial charge in [0.1, 0.15) is 11.4 Å². The number of likely N-dealkylation sites (tertiary alicyclic amines) is 1. The first-order valence-corrected chi connectivity index (χ1v) is 8.19. The fourth-order valence-electron chi connectivity index (χ4n) is 3.43. The Bertz CT molecular complexity index is 553. The van der Waals surface area contributed by atoms with Crippen LogP contribution in [0.15, 0.2) is 18.2 Å². The first-order valence-electron chi connectivity index (χ1n) is 8.19. The van der Waals surface area contributed by atoms with Crippen LogP contribution in [-0.2, 0) is 4.74 Å². The summed E-state index contributed by atoms with van der Waals surface area (Å²) in [6.07, 6.45) is 4.49. The number of methoxy groups -OCH3 is 1. The molecule has 2 amide bonds. The highest BCUT2D eigenvalue weighted by molar-refractivity contribution is 5.91. The monoisotopic (exact) mass is 322 g/mol. The fourth-order valence-corrected chi connectivity index (χ4v) is 3.43. The van der Waals surface area contributed by atoms with Crippen LogP contribution in [0, 0.1) is 11.7 Å². The molecule has 1 aromatic rings. The van der Waals surface area contributed by atoms with Gasteiger partial charge in [-0.15, -0.1) is 0 Å². The summed E-state index contributed by atoms with van der Waals surface area (Å²) in [6.45, 7) is 2.21. The van der Waals surface area contributed by atoms with Gasteiger partial charge in [0.15, 0.2) is 5.82 Å². The second kappa shape index (κ2) is 7.17. The Morgan fingerprint density at radius 1 is 1.35 bits per heavy atom. The van der Waals surface area contributed by atoms with Crippen LogP contribution in [0.5, 0.6) is 5.75 Å². The van der Waals surface area contributed by atoms with Crippen LogP contribution in [0.1, 0.15) is 25.7 Å². The van der Waals surface area contributed by atoms with Crippen molar-refractivity contribution >= 4 is 11.7 Å². The molecule has 2 saturated heterocycles. The van der Waals surface area contributed by atoms with E-state index in [4.69, 9.17) is 9.47 Å². The average Bonchev–Trinajstić information content (AvgIpc) is 3.11. The molecule has 0 bridgehead atoms. The van der Waals surface area contributed by atoms with Crippen molar-refractivity contribution in [1.29, 1.82) is 0 Å². The Balaban J connectivity index is 1.57. The number of hydrogen-bond acceptors (Lipinski definition) is 3. The Hall–Kier alpha value is -1.82. The summed E-state index contributed by atoms with van der Waals surface area (Å²) in [6, 6.07) is 4.21. The number of carbonyl (C=O) groups excluding carboxylic acids is 1. The standard InChI is InChI=1S/C17H23FN2O3/c1-22-15-5-2-4-13(18)16(15)19-17(21)20-9-7-12(8-10-20)14-6-3-11-23-14/h2,4-5,12,14H,3,6-11H2,1H3,(H,19,21)/t14-/m0/s1. The summed E-state index contributed by atoms with van der Waals surface area (Å²) < 4.78 is 24.8. The lowest BCUT2D eigenvalue weighted by Crippen LogP contribution is -2.43. The Kier molecular flexibility index (Phi) is 5.00. The second-order valence-electron chi connectivity index (χ2n) is 6.12. The molecule has 0 aromatic heterocycles. The van der Waals surface area contributed by atoms with Gasteiger partial charge >= 0.3 is 6.03 Å². The molecule has 2 heterocycles. The van der Waals surface area contributed by atoms with Crippen LogP contribution in [0.25, 0.3) is 0 Å². The van der Waals surface area contributed by atoms with Crippen LogP contribution in [0.3, 0.4) is 0 Å². The van der Waals surface area contributed by atoms with E-state index in [-0.39, 0.29) is 11.7 Å². The van der Waals surface area contributed by atoms with Crippen molar-refractivity contribution in [2.24, 2.45) is 5.92 Å². The molecule has 1 atom stereocenters. The van der Waals surface area contributed by atoms with Crippen molar-refractivity contribution in [3.63, 3.8) is 0 Å². The largest absolute Gasteiger partial charge is 0.494 e. The molecule has 6 heteroatoms. The zero-order valence-electron chi connectivity index (χ0n) is 13.4. The van der Waals surface area contributed by atoms with E-state index in [1.165, 1.54) is 13.2 Å². The molecule has 3 rings (SSSR count). The predicted molar refractivity (Wildman–Crippen MR) is 85.2 cm³/mol. The molecule has 5 nitrogen and oxygen atoms in total. The quantitative estimate of drug-likeness (QED) is 0.929. The van der Waals surface area contributed by atoms with Crippen molar-refractivity contribution in [3.8, 4) is 5.75 Å². The molecule has 2 aliphatic rings. The van der Waals surface area contributed by atoms with Crippen molar-refractivity contribution in [1.82, 2.24) is 4.90 Å². The Morgan fingerprint density at radius 3 is 2.78 bits per heavy atom. The van der Waals surface area contributed by atoms with Gasteiger partial charge in [-0.1, -0.05) is 6.07 Å². The van der Waals surface area contributed by atoms with Crippen LogP contribution in [0.4, 0.5) is 14.9 Å². The van der Waals surface area contributed by atoms with Gasteiger partial charge in [-0.05, 0) is 43.7 Å². The zero-order valence-corrected chi connectivity index (χ0v) is 13.4. The maximum atomic E-state index is 13.9. The third kappa shape index (κ3) is 3.58. The van der Waals surface area contributed by atoms with Gasteiger partial charge in [0.2, 0.25) is 0 Å². The second-order valence-corrected chi connectivity index (χ2v) is 6.12. The molecular formula is C17H23FN2O3. The topological polar surface area (TPSA) is 50.8 Å². The molecule has 1 aromatic carbocycles. The van der Waals surface area contributed by atoms with Crippen molar-refractivity contribution in [2.45, 2.75) is 31.8 Å². The Labute approximate surface area is 135 Å². The molecule has 2 fully saturated rings. The normalized spacial score (nSPS) is 22.2. The number of piperidine rings is 1. The summed E-state index contributed by atoms with van der Waals surface area (Å²) in [7, 11) is 1.46. The molecule has 0 saturated carbocycles. The minimum Gasteiger partial charge on any atom is -0.494 e. The Morgan fingerprint density at radius 2 is 2.13 bits per heavy atom. The number of carbonyl (C=O) groups is 1. The average molecular weight is 322 g/mol. The lowest BCUT2D eigenvalue weighted by atomic mass is 9.90. The minimum atomic E-state index is -0.494. The number of rotatable bonds is 3. The van der Waals surface area contributed by atoms with Crippen LogP contribution in [-0.4, -0.2) is 43.8 Å². The number of halogens is 1. The van der Waals surface area contributed by atoms with Gasteiger partial charge in [0, 0.05) is 19.7 Å². The summed E-state index contributed by atoms with van der Waals surface area (Å²) in [4.78, 5) is 14.1. The number of amides is 2. The van der Waals surface area contributed by atoms with E-state index in [1.807, 2.05) is 0 Å². The van der Waals surface area contributed by atoms with E-state index in [2.05, 4.69) is 5.32 Å². The van der Waals surface area contributed by atoms with Crippen molar-refractivity contribution in [3.05, 3.63) is 24.0 Å². The molecule has 126 valence electrons. The van der Waals surface area contributed by atoms with E-state index in [0.29, 0.717) is 30.9 Å². The number of nitrogens with zero attached hydrogens (tertiary/aromatic N) is 1. The number of benzene rings is 1. The van der Waals surface area contributed by atoms with Gasteiger partial charge in [-0.25, -0.2) is 9.18 Å². The first-order chi connectivity index (χ1) is 11.2. The van der Waals surface area contributed by atoms with Crippen LogP contribution < -0.4 is 10.1 Å². The van der Waals surface area contributed by atoms with Gasteiger partial charge in [-0.2, -0.15) is 0 Å². The molecule has 0 radical (unpaired) electrons. The van der Waals surface area contributed by atoms with E-state index >= 15 is 0 Å². The number of urea groups is 1. The zero-order chi connectivity index (χ0) is 16.2. The summed E-state index contributed by atoms with van der Waals surface area (Å²) >= 11 is 0. The lowest BCUT2D eigenvalue weighted by Gasteiger charge is -2.34. The van der Waals surface area contributed by atoms with E-state index < -0.39 is 5.82 Å². The fraction of sp³-hybridized carbons (Fsp3) is 0.588. The predicted octanol–water partition coefficient (Wildman–Crippen LogP) is 3.26. The number of nitrogens with one attached hydrogen (secondary N) is 1. The van der Waals surface area contributed by atoms with Gasteiger partial charge in [0.05, 0.1) is 13.2 Å². The smallest absolute Gasteiger partial charge is 0.322 e. The highest BCUT2D eigenvalue weighted by Crippen LogP contribution is 2.30. The van der Waals surface area contributed by atoms with Gasteiger partial charge in [-0.3, -0.25) is 0 Å². The van der Waals surface area contributed by atoms with Crippen molar-refractivity contribution in [2.75, 3.05) is 32.1 Å². The lowest BCUT2D eigenvalue weighted by molar-refractivity contribution is 0.0382. The van der Waals surface area contributed by atoms with E-state index in [0.717, 1.165) is 32.3 Å². The summed E-state index contributed by atoms with van der Waals surface area (Å²) in [5.74, 6) is 0.365. The molecule has 1 N–H and O–H groups in total. The first kappa shape index (κ1) is 16.1. The number of para-hydroxylation sites is 1. The molecule has 0 spiro atoms. The van der Waals surface area contributed by atoms with Crippen LogP contribution in [0.2, 0.25) is 0 Å². The SMILES string of the molecule is COc1cccc(F)c1NC(=O)N1CCC([C@@H]2CCCO2)CC1. The molecule has 0 aliphatic carbocycles.